The fourth-order valence-electron chi connectivity index (χ4n) is 4.16. The maximum absolute atomic E-state index is 14.4. The minimum Gasteiger partial charge on any atom is -0.491 e. The Bertz CT molecular complexity index is 1320. The van der Waals surface area contributed by atoms with Crippen molar-refractivity contribution in [3.63, 3.8) is 0 Å². The van der Waals surface area contributed by atoms with Crippen molar-refractivity contribution in [2.24, 2.45) is 0 Å². The monoisotopic (exact) mass is 442 g/mol. The number of anilines is 1. The molecule has 1 aliphatic heterocycles. The van der Waals surface area contributed by atoms with Crippen molar-refractivity contribution in [3.05, 3.63) is 101 Å². The highest BCUT2D eigenvalue weighted by molar-refractivity contribution is 6.08. The Morgan fingerprint density at radius 3 is 2.61 bits per heavy atom. The fraction of sp³-hybridized carbons (Fsp3) is 0.192. The van der Waals surface area contributed by atoms with E-state index in [1.807, 2.05) is 49.0 Å². The van der Waals surface area contributed by atoms with Gasteiger partial charge in [0.15, 0.2) is 11.6 Å². The predicted octanol–water partition coefficient (Wildman–Crippen LogP) is 4.65. The van der Waals surface area contributed by atoms with Crippen LogP contribution in [0.15, 0.2) is 67.1 Å². The molecule has 0 aliphatic carbocycles. The molecule has 0 N–H and O–H groups in total. The zero-order valence-electron chi connectivity index (χ0n) is 18.5. The molecule has 33 heavy (non-hydrogen) atoms. The predicted molar refractivity (Wildman–Crippen MR) is 124 cm³/mol. The second-order valence-electron chi connectivity index (χ2n) is 8.07. The Balaban J connectivity index is 1.50. The molecule has 166 valence electrons. The Labute approximate surface area is 191 Å². The quantitative estimate of drug-likeness (QED) is 0.462. The van der Waals surface area contributed by atoms with Gasteiger partial charge in [0.05, 0.1) is 17.8 Å². The maximum atomic E-state index is 14.4. The van der Waals surface area contributed by atoms with Crippen LogP contribution >= 0.6 is 0 Å². The summed E-state index contributed by atoms with van der Waals surface area (Å²) in [4.78, 5) is 18.9. The lowest BCUT2D eigenvalue weighted by Crippen LogP contribution is -2.33. The van der Waals surface area contributed by atoms with Crippen LogP contribution in [0.2, 0.25) is 0 Å². The summed E-state index contributed by atoms with van der Waals surface area (Å²) < 4.78 is 22.2. The van der Waals surface area contributed by atoms with Crippen molar-refractivity contribution in [3.8, 4) is 11.4 Å². The molecule has 5 rings (SSSR count). The van der Waals surface area contributed by atoms with E-state index in [2.05, 4.69) is 22.2 Å². The van der Waals surface area contributed by atoms with Crippen LogP contribution in [0.4, 0.5) is 10.2 Å². The Morgan fingerprint density at radius 1 is 1.06 bits per heavy atom. The first-order valence-corrected chi connectivity index (χ1v) is 10.8. The van der Waals surface area contributed by atoms with E-state index in [0.29, 0.717) is 17.7 Å². The van der Waals surface area contributed by atoms with Gasteiger partial charge in [-0.2, -0.15) is 5.10 Å². The summed E-state index contributed by atoms with van der Waals surface area (Å²) in [5.74, 6) is -0.254. The molecule has 0 bridgehead atoms. The van der Waals surface area contributed by atoms with E-state index in [9.17, 15) is 9.18 Å². The number of hydrogen-bond donors (Lipinski definition) is 0. The van der Waals surface area contributed by atoms with Crippen molar-refractivity contribution < 1.29 is 13.9 Å². The van der Waals surface area contributed by atoms with Crippen molar-refractivity contribution >= 4 is 11.7 Å². The zero-order chi connectivity index (χ0) is 22.9. The number of carbonyl (C=O) groups is 1. The van der Waals surface area contributed by atoms with E-state index in [1.165, 1.54) is 23.2 Å². The molecule has 3 heterocycles. The van der Waals surface area contributed by atoms with Gasteiger partial charge < -0.3 is 4.74 Å². The Morgan fingerprint density at radius 2 is 1.88 bits per heavy atom. The van der Waals surface area contributed by atoms with Crippen LogP contribution < -0.4 is 9.64 Å². The molecule has 2 aromatic carbocycles. The molecule has 0 spiro atoms. The van der Waals surface area contributed by atoms with Gasteiger partial charge in [0.25, 0.3) is 5.91 Å². The van der Waals surface area contributed by atoms with E-state index in [4.69, 9.17) is 4.74 Å². The number of nitrogens with zero attached hydrogens (tertiary/aromatic N) is 4. The molecule has 0 saturated carbocycles. The van der Waals surface area contributed by atoms with Gasteiger partial charge >= 0.3 is 0 Å². The molecule has 0 saturated heterocycles. The summed E-state index contributed by atoms with van der Waals surface area (Å²) >= 11 is 0. The first-order valence-electron chi connectivity index (χ1n) is 10.8. The molecule has 1 amide bonds. The van der Waals surface area contributed by atoms with Gasteiger partial charge in [0.2, 0.25) is 0 Å². The van der Waals surface area contributed by atoms with Crippen molar-refractivity contribution in [2.75, 3.05) is 18.1 Å². The number of fused-ring (bicyclic) bond motifs is 1. The number of aromatic nitrogens is 3. The van der Waals surface area contributed by atoms with Crippen LogP contribution in [-0.2, 0) is 6.42 Å². The summed E-state index contributed by atoms with van der Waals surface area (Å²) in [6.07, 6.45) is 5.79. The first kappa shape index (κ1) is 20.9. The van der Waals surface area contributed by atoms with Crippen molar-refractivity contribution in [1.29, 1.82) is 0 Å². The molecule has 4 aromatic rings. The summed E-state index contributed by atoms with van der Waals surface area (Å²) in [6, 6.07) is 14.7. The topological polar surface area (TPSA) is 60.2 Å². The summed E-state index contributed by atoms with van der Waals surface area (Å²) in [5, 5.41) is 4.26. The molecule has 2 aromatic heterocycles. The summed E-state index contributed by atoms with van der Waals surface area (Å²) in [6.45, 7) is 4.49. The van der Waals surface area contributed by atoms with E-state index in [1.54, 1.807) is 6.20 Å². The van der Waals surface area contributed by atoms with Crippen LogP contribution in [0.1, 0.15) is 32.6 Å². The second-order valence-corrected chi connectivity index (χ2v) is 8.07. The van der Waals surface area contributed by atoms with Crippen LogP contribution in [0.5, 0.6) is 5.75 Å². The number of rotatable bonds is 4. The molecule has 0 radical (unpaired) electrons. The highest BCUT2D eigenvalue weighted by Gasteiger charge is 2.29. The molecule has 0 atom stereocenters. The van der Waals surface area contributed by atoms with Crippen molar-refractivity contribution in [2.45, 2.75) is 20.3 Å². The van der Waals surface area contributed by atoms with Gasteiger partial charge in [-0.1, -0.05) is 12.1 Å². The molecule has 6 nitrogen and oxygen atoms in total. The Hall–Kier alpha value is -4.00. The summed E-state index contributed by atoms with van der Waals surface area (Å²) in [5.41, 5.74) is 5.56. The minimum absolute atomic E-state index is 0.0212. The average molecular weight is 442 g/mol. The molecular formula is C26H23FN4O2. The smallest absolute Gasteiger partial charge is 0.263 e. The van der Waals surface area contributed by atoms with Crippen LogP contribution in [0, 0.1) is 19.7 Å². The number of carbonyl (C=O) groups excluding carboxylic acids is 1. The van der Waals surface area contributed by atoms with Crippen LogP contribution in [0.3, 0.4) is 0 Å². The third kappa shape index (κ3) is 3.86. The third-order valence-corrected chi connectivity index (χ3v) is 6.08. The molecule has 0 fully saturated rings. The molecule has 0 unspecified atom stereocenters. The standard InChI is InChI=1S/C26H23FN4O2/c1-17-18(2)24-22(26(32)30(13-14-33-24)25-23(27)5-3-10-28-25)16-20(17)15-19-6-8-21(9-7-19)31-12-4-11-29-31/h3-12,16H,13-15H2,1-2H3. The fourth-order valence-corrected chi connectivity index (χ4v) is 4.16. The maximum Gasteiger partial charge on any atom is 0.263 e. The molecule has 1 aliphatic rings. The second kappa shape index (κ2) is 8.50. The molecular weight excluding hydrogens is 419 g/mol. The lowest BCUT2D eigenvalue weighted by Gasteiger charge is -2.20. The summed E-state index contributed by atoms with van der Waals surface area (Å²) in [7, 11) is 0. The van der Waals surface area contributed by atoms with Gasteiger partial charge in [0.1, 0.15) is 12.4 Å². The largest absolute Gasteiger partial charge is 0.491 e. The van der Waals surface area contributed by atoms with E-state index in [-0.39, 0.29) is 24.9 Å². The van der Waals surface area contributed by atoms with Crippen LogP contribution in [0.25, 0.3) is 5.69 Å². The number of hydrogen-bond acceptors (Lipinski definition) is 4. The van der Waals surface area contributed by atoms with Gasteiger partial charge in [-0.3, -0.25) is 9.69 Å². The van der Waals surface area contributed by atoms with Gasteiger partial charge in [-0.15, -0.1) is 0 Å². The third-order valence-electron chi connectivity index (χ3n) is 6.08. The Kier molecular flexibility index (Phi) is 5.38. The zero-order valence-corrected chi connectivity index (χ0v) is 18.5. The van der Waals surface area contributed by atoms with E-state index in [0.717, 1.165) is 27.9 Å². The number of pyridine rings is 1. The SMILES string of the molecule is Cc1c(Cc2ccc(-n3cccn3)cc2)cc2c(c1C)OCCN(c1ncccc1F)C2=O. The lowest BCUT2D eigenvalue weighted by molar-refractivity contribution is 0.0988. The van der Waals surface area contributed by atoms with E-state index >= 15 is 0 Å². The van der Waals surface area contributed by atoms with Gasteiger partial charge in [-0.05, 0) is 78.9 Å². The van der Waals surface area contributed by atoms with Crippen molar-refractivity contribution in [1.82, 2.24) is 14.8 Å². The highest BCUT2D eigenvalue weighted by atomic mass is 19.1. The van der Waals surface area contributed by atoms with Crippen LogP contribution in [-0.4, -0.2) is 33.8 Å². The minimum atomic E-state index is -0.532. The number of ether oxygens (including phenoxy) is 1. The average Bonchev–Trinajstić information content (AvgIpc) is 3.31. The van der Waals surface area contributed by atoms with E-state index < -0.39 is 5.82 Å². The van der Waals surface area contributed by atoms with Gasteiger partial charge in [0, 0.05) is 18.6 Å². The van der Waals surface area contributed by atoms with Gasteiger partial charge in [-0.25, -0.2) is 14.1 Å². The normalized spacial score (nSPS) is 13.4. The molecule has 7 heteroatoms. The lowest BCUT2D eigenvalue weighted by atomic mass is 9.93. The number of amides is 1. The number of halogens is 1. The highest BCUT2D eigenvalue weighted by Crippen LogP contribution is 2.34. The first-order chi connectivity index (χ1) is 16.0. The number of benzene rings is 2.